The van der Waals surface area contributed by atoms with Gasteiger partial charge < -0.3 is 4.98 Å². The Kier molecular flexibility index (Phi) is 1.93. The van der Waals surface area contributed by atoms with Gasteiger partial charge in [-0.2, -0.15) is 0 Å². The van der Waals surface area contributed by atoms with Crippen LogP contribution < -0.4 is 0 Å². The molecule has 0 aliphatic heterocycles. The lowest BCUT2D eigenvalue weighted by Crippen LogP contribution is -1.81. The van der Waals surface area contributed by atoms with E-state index in [1.807, 2.05) is 31.2 Å². The molecule has 0 fully saturated rings. The van der Waals surface area contributed by atoms with Crippen LogP contribution in [-0.4, -0.2) is 19.9 Å². The number of imidazole rings is 1. The minimum absolute atomic E-state index is 0.749. The summed E-state index contributed by atoms with van der Waals surface area (Å²) in [6, 6.07) is 7.82. The van der Waals surface area contributed by atoms with E-state index in [-0.39, 0.29) is 0 Å². The molecule has 0 spiro atoms. The van der Waals surface area contributed by atoms with Crippen molar-refractivity contribution < 1.29 is 0 Å². The van der Waals surface area contributed by atoms with Crippen molar-refractivity contribution in [3.05, 3.63) is 42.4 Å². The predicted molar refractivity (Wildman–Crippen MR) is 61.9 cm³/mol. The summed E-state index contributed by atoms with van der Waals surface area (Å²) in [5.74, 6) is 0.807. The van der Waals surface area contributed by atoms with Gasteiger partial charge in [-0.3, -0.25) is 4.98 Å². The topological polar surface area (TPSA) is 54.5 Å². The zero-order valence-electron chi connectivity index (χ0n) is 8.81. The highest BCUT2D eigenvalue weighted by Crippen LogP contribution is 2.18. The quantitative estimate of drug-likeness (QED) is 0.670. The van der Waals surface area contributed by atoms with Gasteiger partial charge in [0.2, 0.25) is 0 Å². The van der Waals surface area contributed by atoms with E-state index in [4.69, 9.17) is 0 Å². The molecule has 4 heteroatoms. The number of aryl methyl sites for hydroxylation is 1. The molecule has 0 saturated carbocycles. The maximum Gasteiger partial charge on any atom is 0.178 e. The van der Waals surface area contributed by atoms with E-state index in [9.17, 15) is 0 Å². The lowest BCUT2D eigenvalue weighted by atomic mass is 10.3. The van der Waals surface area contributed by atoms with Gasteiger partial charge >= 0.3 is 0 Å². The number of nitrogens with zero attached hydrogens (tertiary/aromatic N) is 3. The molecule has 0 atom stereocenters. The van der Waals surface area contributed by atoms with Gasteiger partial charge in [0, 0.05) is 23.7 Å². The first-order valence-corrected chi connectivity index (χ1v) is 5.07. The monoisotopic (exact) mass is 210 g/mol. The van der Waals surface area contributed by atoms with Crippen LogP contribution >= 0.6 is 0 Å². The number of nitrogens with one attached hydrogen (secondary N) is 1. The van der Waals surface area contributed by atoms with E-state index in [2.05, 4.69) is 19.9 Å². The van der Waals surface area contributed by atoms with Crippen molar-refractivity contribution in [1.82, 2.24) is 19.9 Å². The third-order valence-electron chi connectivity index (χ3n) is 2.42. The average Bonchev–Trinajstić information content (AvgIpc) is 2.73. The number of H-pyrrole nitrogens is 1. The molecule has 0 aliphatic rings. The second-order valence-electron chi connectivity index (χ2n) is 3.65. The number of fused-ring (bicyclic) bond motifs is 1. The molecule has 3 heterocycles. The van der Waals surface area contributed by atoms with Gasteiger partial charge in [-0.15, -0.1) is 0 Å². The number of pyridine rings is 2. The number of hydrogen-bond donors (Lipinski definition) is 1. The van der Waals surface area contributed by atoms with E-state index in [1.54, 1.807) is 12.4 Å². The van der Waals surface area contributed by atoms with Crippen LogP contribution in [0.2, 0.25) is 0 Å². The Hall–Kier alpha value is -2.23. The fraction of sp³-hybridized carbons (Fsp3) is 0.0833. The standard InChI is InChI=1S/C12H10N4/c1-8-4-5-10-12(14-8)16-11(15-10)9-3-2-6-13-7-9/h2-7H,1H3,(H,14,15,16). The molecule has 3 aromatic heterocycles. The summed E-state index contributed by atoms with van der Waals surface area (Å²) in [7, 11) is 0. The predicted octanol–water partition coefficient (Wildman–Crippen LogP) is 2.33. The average molecular weight is 210 g/mol. The molecule has 4 nitrogen and oxygen atoms in total. The van der Waals surface area contributed by atoms with Gasteiger partial charge in [0.25, 0.3) is 0 Å². The number of aromatic nitrogens is 4. The van der Waals surface area contributed by atoms with Crippen molar-refractivity contribution in [2.24, 2.45) is 0 Å². The summed E-state index contributed by atoms with van der Waals surface area (Å²) in [6.45, 7) is 1.96. The van der Waals surface area contributed by atoms with Crippen molar-refractivity contribution in [3.63, 3.8) is 0 Å². The second kappa shape index (κ2) is 3.41. The smallest absolute Gasteiger partial charge is 0.178 e. The van der Waals surface area contributed by atoms with Crippen LogP contribution in [0.5, 0.6) is 0 Å². The Morgan fingerprint density at radius 2 is 2.06 bits per heavy atom. The van der Waals surface area contributed by atoms with E-state index in [0.717, 1.165) is 28.2 Å². The Morgan fingerprint density at radius 1 is 1.12 bits per heavy atom. The summed E-state index contributed by atoms with van der Waals surface area (Å²) in [5.41, 5.74) is 3.64. The molecule has 1 N–H and O–H groups in total. The molecular weight excluding hydrogens is 200 g/mol. The molecule has 0 aromatic carbocycles. The number of rotatable bonds is 1. The van der Waals surface area contributed by atoms with Gasteiger partial charge in [-0.05, 0) is 31.2 Å². The zero-order valence-corrected chi connectivity index (χ0v) is 8.81. The molecular formula is C12H10N4. The maximum absolute atomic E-state index is 4.44. The maximum atomic E-state index is 4.44. The van der Waals surface area contributed by atoms with Crippen molar-refractivity contribution in [2.45, 2.75) is 6.92 Å². The molecule has 16 heavy (non-hydrogen) atoms. The lowest BCUT2D eigenvalue weighted by molar-refractivity contribution is 1.22. The Morgan fingerprint density at radius 3 is 2.88 bits per heavy atom. The van der Waals surface area contributed by atoms with Crippen LogP contribution in [0.3, 0.4) is 0 Å². The van der Waals surface area contributed by atoms with E-state index in [1.165, 1.54) is 0 Å². The summed E-state index contributed by atoms with van der Waals surface area (Å²) in [6.07, 6.45) is 3.53. The molecule has 0 bridgehead atoms. The first-order valence-electron chi connectivity index (χ1n) is 5.07. The Labute approximate surface area is 92.4 Å². The van der Waals surface area contributed by atoms with E-state index in [0.29, 0.717) is 0 Å². The highest BCUT2D eigenvalue weighted by molar-refractivity contribution is 5.75. The molecule has 3 rings (SSSR count). The lowest BCUT2D eigenvalue weighted by Gasteiger charge is -1.92. The van der Waals surface area contributed by atoms with Crippen molar-refractivity contribution >= 4 is 11.2 Å². The summed E-state index contributed by atoms with van der Waals surface area (Å²) in [4.78, 5) is 16.1. The third-order valence-corrected chi connectivity index (χ3v) is 2.42. The van der Waals surface area contributed by atoms with E-state index < -0.39 is 0 Å². The molecule has 3 aromatic rings. The van der Waals surface area contributed by atoms with Gasteiger partial charge in [-0.25, -0.2) is 9.97 Å². The van der Waals surface area contributed by atoms with Crippen LogP contribution in [0, 0.1) is 6.92 Å². The summed E-state index contributed by atoms with van der Waals surface area (Å²) in [5, 5.41) is 0. The SMILES string of the molecule is Cc1ccc2[nH]c(-c3cccnc3)nc2n1. The van der Waals surface area contributed by atoms with Gasteiger partial charge in [0.05, 0.1) is 5.52 Å². The first kappa shape index (κ1) is 9.03. The van der Waals surface area contributed by atoms with Crippen molar-refractivity contribution in [1.29, 1.82) is 0 Å². The molecule has 0 amide bonds. The highest BCUT2D eigenvalue weighted by atomic mass is 15.0. The fourth-order valence-electron chi connectivity index (χ4n) is 1.63. The van der Waals surface area contributed by atoms with Crippen LogP contribution in [-0.2, 0) is 0 Å². The van der Waals surface area contributed by atoms with Crippen LogP contribution in [0.4, 0.5) is 0 Å². The highest BCUT2D eigenvalue weighted by Gasteiger charge is 2.05. The minimum atomic E-state index is 0.749. The molecule has 0 radical (unpaired) electrons. The van der Waals surface area contributed by atoms with E-state index >= 15 is 0 Å². The van der Waals surface area contributed by atoms with Gasteiger partial charge in [-0.1, -0.05) is 0 Å². The second-order valence-corrected chi connectivity index (χ2v) is 3.65. The molecule has 0 unspecified atom stereocenters. The van der Waals surface area contributed by atoms with Crippen molar-refractivity contribution in [3.8, 4) is 11.4 Å². The third kappa shape index (κ3) is 1.44. The van der Waals surface area contributed by atoms with Crippen LogP contribution in [0.15, 0.2) is 36.7 Å². The van der Waals surface area contributed by atoms with Crippen molar-refractivity contribution in [2.75, 3.05) is 0 Å². The molecule has 78 valence electrons. The largest absolute Gasteiger partial charge is 0.337 e. The number of aromatic amines is 1. The summed E-state index contributed by atoms with van der Waals surface area (Å²) >= 11 is 0. The minimum Gasteiger partial charge on any atom is -0.337 e. The molecule has 0 aliphatic carbocycles. The summed E-state index contributed by atoms with van der Waals surface area (Å²) < 4.78 is 0. The fourth-order valence-corrected chi connectivity index (χ4v) is 1.63. The zero-order chi connectivity index (χ0) is 11.0. The molecule has 0 saturated heterocycles. The number of hydrogen-bond acceptors (Lipinski definition) is 3. The van der Waals surface area contributed by atoms with Gasteiger partial charge in [0.15, 0.2) is 5.65 Å². The van der Waals surface area contributed by atoms with Gasteiger partial charge in [0.1, 0.15) is 5.82 Å². The Balaban J connectivity index is 2.19. The Bertz CT molecular complexity index is 628. The first-order chi connectivity index (χ1) is 7.83. The normalized spacial score (nSPS) is 10.8. The van der Waals surface area contributed by atoms with Crippen LogP contribution in [0.25, 0.3) is 22.6 Å². The van der Waals surface area contributed by atoms with Crippen LogP contribution in [0.1, 0.15) is 5.69 Å².